The highest BCUT2D eigenvalue weighted by molar-refractivity contribution is 4.89. The fraction of sp³-hybridized carbons (Fsp3) is 1.00. The van der Waals surface area contributed by atoms with Crippen molar-refractivity contribution < 1.29 is 29.5 Å². The van der Waals surface area contributed by atoms with Crippen molar-refractivity contribution in [1.82, 2.24) is 0 Å². The van der Waals surface area contributed by atoms with Crippen LogP contribution in [0.1, 0.15) is 65.2 Å². The fourth-order valence-electron chi connectivity index (χ4n) is 2.75. The summed E-state index contributed by atoms with van der Waals surface area (Å²) in [7, 11) is 0. The molecule has 0 aromatic heterocycles. The Morgan fingerprint density at radius 2 is 1.38 bits per heavy atom. The Hall–Kier alpha value is -0.240. The molecule has 6 nitrogen and oxygen atoms in total. The van der Waals surface area contributed by atoms with Crippen molar-refractivity contribution in [3.05, 3.63) is 0 Å². The molecule has 0 radical (unpaired) electrons. The van der Waals surface area contributed by atoms with Crippen LogP contribution in [0.15, 0.2) is 0 Å². The first-order valence-electron chi connectivity index (χ1n) is 9.50. The van der Waals surface area contributed by atoms with Crippen LogP contribution in [0.25, 0.3) is 0 Å². The van der Waals surface area contributed by atoms with Crippen molar-refractivity contribution in [3.8, 4) is 0 Å². The van der Waals surface area contributed by atoms with Gasteiger partial charge in [-0.25, -0.2) is 0 Å². The average molecular weight is 348 g/mol. The maximum absolute atomic E-state index is 10.0. The number of rotatable bonds is 13. The highest BCUT2D eigenvalue weighted by atomic mass is 16.7. The SMILES string of the molecule is CCCCCCOC[C@H]1O[C@H](OCCCCCC)[C@H](O)[C@@H](O)[C@H]1O. The molecule has 1 aliphatic rings. The Morgan fingerprint density at radius 1 is 0.750 bits per heavy atom. The first kappa shape index (κ1) is 21.8. The zero-order valence-corrected chi connectivity index (χ0v) is 15.2. The second kappa shape index (κ2) is 13.0. The van der Waals surface area contributed by atoms with E-state index < -0.39 is 30.7 Å². The second-order valence-electron chi connectivity index (χ2n) is 6.58. The Bertz CT molecular complexity index is 299. The van der Waals surface area contributed by atoms with Gasteiger partial charge < -0.3 is 29.5 Å². The molecular weight excluding hydrogens is 312 g/mol. The molecule has 1 rings (SSSR count). The van der Waals surface area contributed by atoms with Gasteiger partial charge in [0.05, 0.1) is 6.61 Å². The molecule has 0 saturated carbocycles. The molecule has 144 valence electrons. The third-order valence-corrected chi connectivity index (χ3v) is 4.37. The van der Waals surface area contributed by atoms with E-state index in [0.29, 0.717) is 13.2 Å². The van der Waals surface area contributed by atoms with E-state index in [9.17, 15) is 15.3 Å². The van der Waals surface area contributed by atoms with Gasteiger partial charge in [-0.05, 0) is 12.8 Å². The van der Waals surface area contributed by atoms with E-state index in [2.05, 4.69) is 13.8 Å². The third kappa shape index (κ3) is 7.76. The van der Waals surface area contributed by atoms with Gasteiger partial charge in [0.15, 0.2) is 6.29 Å². The summed E-state index contributed by atoms with van der Waals surface area (Å²) in [6, 6.07) is 0. The molecule has 6 heteroatoms. The lowest BCUT2D eigenvalue weighted by molar-refractivity contribution is -0.302. The largest absolute Gasteiger partial charge is 0.387 e. The molecular formula is C18H36O6. The van der Waals surface area contributed by atoms with Gasteiger partial charge >= 0.3 is 0 Å². The summed E-state index contributed by atoms with van der Waals surface area (Å²) >= 11 is 0. The van der Waals surface area contributed by atoms with E-state index in [1.165, 1.54) is 12.8 Å². The van der Waals surface area contributed by atoms with Crippen LogP contribution in [0.2, 0.25) is 0 Å². The highest BCUT2D eigenvalue weighted by Crippen LogP contribution is 2.23. The molecule has 3 N–H and O–H groups in total. The van der Waals surface area contributed by atoms with Gasteiger partial charge in [-0.2, -0.15) is 0 Å². The quantitative estimate of drug-likeness (QED) is 0.441. The van der Waals surface area contributed by atoms with Crippen LogP contribution in [0.5, 0.6) is 0 Å². The summed E-state index contributed by atoms with van der Waals surface area (Å²) in [5.74, 6) is 0. The van der Waals surface area contributed by atoms with Gasteiger partial charge in [0.25, 0.3) is 0 Å². The summed E-state index contributed by atoms with van der Waals surface area (Å²) in [4.78, 5) is 0. The third-order valence-electron chi connectivity index (χ3n) is 4.37. The van der Waals surface area contributed by atoms with E-state index in [4.69, 9.17) is 14.2 Å². The molecule has 0 unspecified atom stereocenters. The average Bonchev–Trinajstić information content (AvgIpc) is 2.58. The minimum absolute atomic E-state index is 0.187. The summed E-state index contributed by atoms with van der Waals surface area (Å²) in [6.07, 6.45) is 3.39. The minimum atomic E-state index is -1.28. The van der Waals surface area contributed by atoms with Gasteiger partial charge in [-0.3, -0.25) is 0 Å². The normalized spacial score (nSPS) is 30.6. The van der Waals surface area contributed by atoms with E-state index in [-0.39, 0.29) is 6.61 Å². The van der Waals surface area contributed by atoms with Gasteiger partial charge in [0.2, 0.25) is 0 Å². The van der Waals surface area contributed by atoms with E-state index >= 15 is 0 Å². The zero-order chi connectivity index (χ0) is 17.8. The number of aliphatic hydroxyl groups excluding tert-OH is 3. The second-order valence-corrected chi connectivity index (χ2v) is 6.58. The topological polar surface area (TPSA) is 88.4 Å². The Kier molecular flexibility index (Phi) is 11.8. The molecule has 1 saturated heterocycles. The molecule has 0 aliphatic carbocycles. The summed E-state index contributed by atoms with van der Waals surface area (Å²) < 4.78 is 16.7. The van der Waals surface area contributed by atoms with E-state index in [1.807, 2.05) is 0 Å². The van der Waals surface area contributed by atoms with Crippen molar-refractivity contribution >= 4 is 0 Å². The lowest BCUT2D eigenvalue weighted by Crippen LogP contribution is -2.59. The van der Waals surface area contributed by atoms with Gasteiger partial charge in [-0.1, -0.05) is 52.4 Å². The number of aliphatic hydroxyl groups is 3. The van der Waals surface area contributed by atoms with Crippen molar-refractivity contribution in [2.75, 3.05) is 19.8 Å². The van der Waals surface area contributed by atoms with Crippen molar-refractivity contribution in [1.29, 1.82) is 0 Å². The highest BCUT2D eigenvalue weighted by Gasteiger charge is 2.44. The van der Waals surface area contributed by atoms with Gasteiger partial charge in [-0.15, -0.1) is 0 Å². The van der Waals surface area contributed by atoms with Crippen LogP contribution >= 0.6 is 0 Å². The molecule has 0 amide bonds. The lowest BCUT2D eigenvalue weighted by Gasteiger charge is -2.40. The van der Waals surface area contributed by atoms with Crippen LogP contribution in [-0.2, 0) is 14.2 Å². The molecule has 0 bridgehead atoms. The van der Waals surface area contributed by atoms with Crippen LogP contribution in [0, 0.1) is 0 Å². The number of ether oxygens (including phenoxy) is 3. The van der Waals surface area contributed by atoms with E-state index in [1.54, 1.807) is 0 Å². The number of hydrogen-bond acceptors (Lipinski definition) is 6. The van der Waals surface area contributed by atoms with Crippen LogP contribution in [0.4, 0.5) is 0 Å². The molecule has 0 spiro atoms. The van der Waals surface area contributed by atoms with Crippen molar-refractivity contribution in [2.45, 2.75) is 95.9 Å². The monoisotopic (exact) mass is 348 g/mol. The molecule has 1 fully saturated rings. The van der Waals surface area contributed by atoms with Crippen molar-refractivity contribution in [2.24, 2.45) is 0 Å². The summed E-state index contributed by atoms with van der Waals surface area (Å²) in [5, 5.41) is 30.0. The van der Waals surface area contributed by atoms with Crippen molar-refractivity contribution in [3.63, 3.8) is 0 Å². The molecule has 24 heavy (non-hydrogen) atoms. The predicted octanol–water partition coefficient (Wildman–Crippen LogP) is 1.99. The smallest absolute Gasteiger partial charge is 0.186 e. The molecule has 5 atom stereocenters. The summed E-state index contributed by atoms with van der Waals surface area (Å²) in [6.45, 7) is 5.55. The number of unbranched alkanes of at least 4 members (excludes halogenated alkanes) is 6. The maximum Gasteiger partial charge on any atom is 0.186 e. The predicted molar refractivity (Wildman–Crippen MR) is 91.7 cm³/mol. The van der Waals surface area contributed by atoms with Crippen LogP contribution in [0.3, 0.4) is 0 Å². The summed E-state index contributed by atoms with van der Waals surface area (Å²) in [5.41, 5.74) is 0. The van der Waals surface area contributed by atoms with Gasteiger partial charge in [0, 0.05) is 13.2 Å². The maximum atomic E-state index is 10.0. The molecule has 0 aromatic rings. The molecule has 1 aliphatic heterocycles. The van der Waals surface area contributed by atoms with Crippen LogP contribution in [-0.4, -0.2) is 65.8 Å². The van der Waals surface area contributed by atoms with Crippen LogP contribution < -0.4 is 0 Å². The standard InChI is InChI=1S/C18H36O6/c1-3-5-7-9-11-22-13-14-15(19)16(20)17(21)18(24-14)23-12-10-8-6-4-2/h14-21H,3-13H2,1-2H3/t14-,15+,16+,17-,18+/m1/s1. The molecule has 0 aromatic carbocycles. The molecule has 1 heterocycles. The zero-order valence-electron chi connectivity index (χ0n) is 15.2. The Balaban J connectivity index is 2.31. The fourth-order valence-corrected chi connectivity index (χ4v) is 2.75. The number of hydrogen-bond donors (Lipinski definition) is 3. The first-order valence-corrected chi connectivity index (χ1v) is 9.50. The Morgan fingerprint density at radius 3 is 2.00 bits per heavy atom. The minimum Gasteiger partial charge on any atom is -0.387 e. The first-order chi connectivity index (χ1) is 11.6. The lowest BCUT2D eigenvalue weighted by atomic mass is 9.99. The van der Waals surface area contributed by atoms with Gasteiger partial charge in [0.1, 0.15) is 24.4 Å². The van der Waals surface area contributed by atoms with E-state index in [0.717, 1.165) is 38.5 Å². The Labute approximate surface area is 146 Å².